The van der Waals surface area contributed by atoms with Crippen molar-refractivity contribution in [2.45, 2.75) is 70.7 Å². The van der Waals surface area contributed by atoms with Crippen molar-refractivity contribution in [2.75, 3.05) is 26.3 Å². The molecule has 28 heavy (non-hydrogen) atoms. The second-order valence-electron chi connectivity index (χ2n) is 8.94. The summed E-state index contributed by atoms with van der Waals surface area (Å²) in [5.41, 5.74) is 0.969. The number of aromatic nitrogens is 2. The van der Waals surface area contributed by atoms with Crippen molar-refractivity contribution in [2.24, 2.45) is 0 Å². The van der Waals surface area contributed by atoms with Crippen molar-refractivity contribution in [3.63, 3.8) is 0 Å². The van der Waals surface area contributed by atoms with Crippen LogP contribution in [0.15, 0.2) is 0 Å². The minimum absolute atomic E-state index is 0.0895. The normalized spacial score (nSPS) is 21.6. The molecule has 1 aromatic heterocycles. The fourth-order valence-electron chi connectivity index (χ4n) is 4.27. The van der Waals surface area contributed by atoms with E-state index < -0.39 is 5.79 Å². The van der Waals surface area contributed by atoms with Gasteiger partial charge in [0.2, 0.25) is 0 Å². The average molecular weight is 390 g/mol. The monoisotopic (exact) mass is 390 g/mol. The zero-order valence-corrected chi connectivity index (χ0v) is 17.0. The number of ether oxygens (including phenoxy) is 2. The van der Waals surface area contributed by atoms with E-state index in [1.54, 1.807) is 0 Å². The molecule has 0 unspecified atom stereocenters. The van der Waals surface area contributed by atoms with Crippen LogP contribution in [0.5, 0.6) is 0 Å². The molecule has 0 radical (unpaired) electrons. The topological polar surface area (TPSA) is 85.7 Å². The highest BCUT2D eigenvalue weighted by Crippen LogP contribution is 2.32. The fourth-order valence-corrected chi connectivity index (χ4v) is 4.27. The first-order chi connectivity index (χ1) is 13.3. The molecule has 3 aliphatic heterocycles. The number of imidazole rings is 1. The van der Waals surface area contributed by atoms with Gasteiger partial charge < -0.3 is 24.3 Å². The van der Waals surface area contributed by atoms with Crippen LogP contribution in [0.25, 0.3) is 0 Å². The molecule has 1 spiro atoms. The van der Waals surface area contributed by atoms with E-state index in [-0.39, 0.29) is 17.4 Å². The first-order valence-corrected chi connectivity index (χ1v) is 10.3. The number of hydrogen-bond acceptors (Lipinski definition) is 5. The number of piperidine rings is 1. The largest absolute Gasteiger partial charge is 0.347 e. The summed E-state index contributed by atoms with van der Waals surface area (Å²) < 4.78 is 13.4. The Kier molecular flexibility index (Phi) is 4.95. The van der Waals surface area contributed by atoms with Gasteiger partial charge >= 0.3 is 0 Å². The van der Waals surface area contributed by atoms with Crippen LogP contribution >= 0.6 is 0 Å². The van der Waals surface area contributed by atoms with Gasteiger partial charge in [0.1, 0.15) is 5.69 Å². The van der Waals surface area contributed by atoms with E-state index in [0.29, 0.717) is 50.7 Å². The molecule has 8 heteroatoms. The molecular weight excluding hydrogens is 360 g/mol. The smallest absolute Gasteiger partial charge is 0.287 e. The van der Waals surface area contributed by atoms with Crippen LogP contribution in [-0.4, -0.2) is 63.9 Å². The lowest BCUT2D eigenvalue weighted by Crippen LogP contribution is -2.47. The molecule has 4 heterocycles. The van der Waals surface area contributed by atoms with E-state index in [2.05, 4.69) is 10.3 Å². The zero-order chi connectivity index (χ0) is 19.9. The van der Waals surface area contributed by atoms with Gasteiger partial charge in [-0.25, -0.2) is 4.98 Å². The van der Waals surface area contributed by atoms with Crippen molar-refractivity contribution in [1.82, 2.24) is 19.8 Å². The number of carbonyl (C=O) groups excluding carboxylic acids is 2. The number of nitrogens with zero attached hydrogens (tertiary/aromatic N) is 3. The third-order valence-corrected chi connectivity index (χ3v) is 5.64. The van der Waals surface area contributed by atoms with E-state index in [4.69, 9.17) is 9.47 Å². The molecule has 1 aromatic rings. The molecule has 154 valence electrons. The van der Waals surface area contributed by atoms with E-state index >= 15 is 0 Å². The summed E-state index contributed by atoms with van der Waals surface area (Å²) in [4.78, 5) is 32.4. The van der Waals surface area contributed by atoms with Crippen LogP contribution in [0.1, 0.15) is 73.3 Å². The summed E-state index contributed by atoms with van der Waals surface area (Å²) in [7, 11) is 0. The Hall–Kier alpha value is -1.93. The quantitative estimate of drug-likeness (QED) is 0.831. The standard InChI is InChI=1S/C20H30N4O4/c1-19(2,3)22-17(25)16-21-15(14-6-4-5-9-24(14)16)18(26)23-10-7-20(8-11-23)27-12-13-28-20/h4-13H2,1-3H3,(H,22,25). The molecule has 0 aromatic carbocycles. The Morgan fingerprint density at radius 1 is 1.07 bits per heavy atom. The second kappa shape index (κ2) is 7.15. The number of fused-ring (bicyclic) bond motifs is 1. The summed E-state index contributed by atoms with van der Waals surface area (Å²) in [6.45, 7) is 8.94. The van der Waals surface area contributed by atoms with Crippen LogP contribution < -0.4 is 5.32 Å². The van der Waals surface area contributed by atoms with Crippen LogP contribution in [0, 0.1) is 0 Å². The maximum absolute atomic E-state index is 13.2. The first kappa shape index (κ1) is 19.4. The van der Waals surface area contributed by atoms with Gasteiger partial charge in [-0.15, -0.1) is 0 Å². The molecule has 4 rings (SSSR count). The summed E-state index contributed by atoms with van der Waals surface area (Å²) in [6, 6.07) is 0. The zero-order valence-electron chi connectivity index (χ0n) is 17.0. The van der Waals surface area contributed by atoms with Crippen molar-refractivity contribution in [3.05, 3.63) is 17.2 Å². The molecule has 3 aliphatic rings. The summed E-state index contributed by atoms with van der Waals surface area (Å²) >= 11 is 0. The number of nitrogens with one attached hydrogen (secondary N) is 1. The average Bonchev–Trinajstić information content (AvgIpc) is 3.25. The Bertz CT molecular complexity index is 764. The second-order valence-corrected chi connectivity index (χ2v) is 8.94. The number of hydrogen-bond donors (Lipinski definition) is 1. The van der Waals surface area contributed by atoms with Crippen molar-refractivity contribution in [1.29, 1.82) is 0 Å². The van der Waals surface area contributed by atoms with Gasteiger partial charge in [0.15, 0.2) is 11.6 Å². The highest BCUT2D eigenvalue weighted by Gasteiger charge is 2.42. The maximum Gasteiger partial charge on any atom is 0.287 e. The predicted octanol–water partition coefficient (Wildman–Crippen LogP) is 1.73. The lowest BCUT2D eigenvalue weighted by molar-refractivity contribution is -0.181. The number of likely N-dealkylation sites (tertiary alicyclic amines) is 1. The Labute approximate surface area is 165 Å². The lowest BCUT2D eigenvalue weighted by Gasteiger charge is -2.37. The molecule has 0 atom stereocenters. The molecule has 2 amide bonds. The summed E-state index contributed by atoms with van der Waals surface area (Å²) in [5, 5.41) is 2.97. The van der Waals surface area contributed by atoms with E-state index in [0.717, 1.165) is 31.5 Å². The highest BCUT2D eigenvalue weighted by molar-refractivity contribution is 5.97. The molecule has 0 saturated carbocycles. The van der Waals surface area contributed by atoms with E-state index in [1.807, 2.05) is 30.2 Å². The Balaban J connectivity index is 1.55. The van der Waals surface area contributed by atoms with Gasteiger partial charge in [0.25, 0.3) is 11.8 Å². The molecule has 0 aliphatic carbocycles. The summed E-state index contributed by atoms with van der Waals surface area (Å²) in [5.74, 6) is -0.473. The number of carbonyl (C=O) groups is 2. The molecule has 0 bridgehead atoms. The summed E-state index contributed by atoms with van der Waals surface area (Å²) in [6.07, 6.45) is 4.13. The maximum atomic E-state index is 13.2. The van der Waals surface area contributed by atoms with Crippen LogP contribution in [0.2, 0.25) is 0 Å². The van der Waals surface area contributed by atoms with Gasteiger partial charge in [0.05, 0.1) is 18.9 Å². The Morgan fingerprint density at radius 2 is 1.75 bits per heavy atom. The molecule has 1 N–H and O–H groups in total. The molecule has 8 nitrogen and oxygen atoms in total. The minimum atomic E-state index is -0.512. The number of amides is 2. The first-order valence-electron chi connectivity index (χ1n) is 10.3. The van der Waals surface area contributed by atoms with Gasteiger partial charge in [-0.3, -0.25) is 9.59 Å². The third kappa shape index (κ3) is 3.67. The molecule has 2 saturated heterocycles. The highest BCUT2D eigenvalue weighted by atomic mass is 16.7. The van der Waals surface area contributed by atoms with Gasteiger partial charge in [-0.2, -0.15) is 0 Å². The predicted molar refractivity (Wildman–Crippen MR) is 102 cm³/mol. The van der Waals surface area contributed by atoms with E-state index in [1.165, 1.54) is 0 Å². The van der Waals surface area contributed by atoms with E-state index in [9.17, 15) is 9.59 Å². The van der Waals surface area contributed by atoms with Crippen LogP contribution in [-0.2, 0) is 22.4 Å². The fraction of sp³-hybridized carbons (Fsp3) is 0.750. The van der Waals surface area contributed by atoms with Crippen LogP contribution in [0.3, 0.4) is 0 Å². The van der Waals surface area contributed by atoms with Gasteiger partial charge in [-0.1, -0.05) is 0 Å². The van der Waals surface area contributed by atoms with Crippen molar-refractivity contribution >= 4 is 11.8 Å². The SMILES string of the molecule is CC(C)(C)NC(=O)c1nc(C(=O)N2CCC3(CC2)OCCO3)c2n1CCCC2. The van der Waals surface area contributed by atoms with Crippen molar-refractivity contribution in [3.8, 4) is 0 Å². The van der Waals surface area contributed by atoms with Gasteiger partial charge in [-0.05, 0) is 40.0 Å². The van der Waals surface area contributed by atoms with Crippen LogP contribution in [0.4, 0.5) is 0 Å². The molecular formula is C20H30N4O4. The van der Waals surface area contributed by atoms with Gasteiger partial charge in [0, 0.05) is 38.0 Å². The lowest BCUT2D eigenvalue weighted by atomic mass is 10.0. The minimum Gasteiger partial charge on any atom is -0.347 e. The number of rotatable bonds is 2. The third-order valence-electron chi connectivity index (χ3n) is 5.64. The Morgan fingerprint density at radius 3 is 2.39 bits per heavy atom. The molecule has 2 fully saturated rings. The van der Waals surface area contributed by atoms with Crippen molar-refractivity contribution < 1.29 is 19.1 Å².